The molecule has 0 aliphatic carbocycles. The van der Waals surface area contributed by atoms with Crippen LogP contribution in [0.1, 0.15) is 50.8 Å². The number of benzene rings is 1. The Morgan fingerprint density at radius 1 is 1.03 bits per heavy atom. The normalized spacial score (nSPS) is 11.3. The molecule has 8 heteroatoms. The Bertz CT molecular complexity index is 1160. The molecule has 0 aliphatic rings. The summed E-state index contributed by atoms with van der Waals surface area (Å²) < 4.78 is 15.2. The predicted octanol–water partition coefficient (Wildman–Crippen LogP) is 4.82. The maximum absolute atomic E-state index is 6.26. The second-order valence-electron chi connectivity index (χ2n) is 8.16. The molecule has 4 rings (SSSR count). The Balaban J connectivity index is 1.78. The Labute approximate surface area is 187 Å². The highest BCUT2D eigenvalue weighted by atomic mass is 16.5. The van der Waals surface area contributed by atoms with Crippen molar-refractivity contribution in [2.24, 2.45) is 0 Å². The van der Waals surface area contributed by atoms with E-state index in [1.54, 1.807) is 24.2 Å². The minimum Gasteiger partial charge on any atom is -0.497 e. The van der Waals surface area contributed by atoms with Gasteiger partial charge in [-0.05, 0) is 37.5 Å². The Morgan fingerprint density at radius 3 is 2.41 bits per heavy atom. The Morgan fingerprint density at radius 2 is 1.81 bits per heavy atom. The second kappa shape index (κ2) is 9.21. The van der Waals surface area contributed by atoms with Crippen LogP contribution in [-0.4, -0.2) is 36.4 Å². The van der Waals surface area contributed by atoms with Crippen LogP contribution in [0.3, 0.4) is 0 Å². The van der Waals surface area contributed by atoms with Crippen molar-refractivity contribution in [3.8, 4) is 28.8 Å². The van der Waals surface area contributed by atoms with Crippen LogP contribution in [0.5, 0.6) is 11.6 Å². The fourth-order valence-corrected chi connectivity index (χ4v) is 3.40. The molecule has 0 fully saturated rings. The number of rotatable bonds is 8. The van der Waals surface area contributed by atoms with Crippen LogP contribution in [0.4, 0.5) is 0 Å². The van der Waals surface area contributed by atoms with Crippen molar-refractivity contribution in [2.45, 2.75) is 46.3 Å². The molecule has 8 nitrogen and oxygen atoms in total. The van der Waals surface area contributed by atoms with Crippen LogP contribution in [0.15, 0.2) is 55.4 Å². The maximum atomic E-state index is 6.26. The van der Waals surface area contributed by atoms with E-state index in [9.17, 15) is 0 Å². The van der Waals surface area contributed by atoms with Crippen LogP contribution in [-0.2, 0) is 6.61 Å². The highest BCUT2D eigenvalue weighted by Gasteiger charge is 2.22. The lowest BCUT2D eigenvalue weighted by atomic mass is 9.99. The number of hydrogen-bond acceptors (Lipinski definition) is 6. The maximum Gasteiger partial charge on any atom is 0.238 e. The van der Waals surface area contributed by atoms with E-state index in [-0.39, 0.29) is 12.0 Å². The lowest BCUT2D eigenvalue weighted by Gasteiger charge is -2.18. The van der Waals surface area contributed by atoms with Crippen LogP contribution >= 0.6 is 0 Å². The van der Waals surface area contributed by atoms with Crippen molar-refractivity contribution >= 4 is 0 Å². The number of imidazole rings is 1. The van der Waals surface area contributed by atoms with E-state index in [1.165, 1.54) is 0 Å². The third-order valence-electron chi connectivity index (χ3n) is 5.15. The van der Waals surface area contributed by atoms with Gasteiger partial charge in [0.2, 0.25) is 11.8 Å². The van der Waals surface area contributed by atoms with Gasteiger partial charge in [-0.15, -0.1) is 0 Å². The minimum atomic E-state index is 0.148. The molecule has 0 aliphatic heterocycles. The summed E-state index contributed by atoms with van der Waals surface area (Å²) in [5.41, 5.74) is 3.72. The smallest absolute Gasteiger partial charge is 0.238 e. The fraction of sp³-hybridized carbons (Fsp3) is 0.333. The molecule has 3 aromatic heterocycles. The molecule has 0 spiro atoms. The molecule has 0 atom stereocenters. The molecule has 0 N–H and O–H groups in total. The second-order valence-corrected chi connectivity index (χ2v) is 8.16. The van der Waals surface area contributed by atoms with Crippen molar-refractivity contribution in [1.82, 2.24) is 29.3 Å². The van der Waals surface area contributed by atoms with Crippen LogP contribution in [0.2, 0.25) is 0 Å². The number of hydrogen-bond donors (Lipinski definition) is 0. The largest absolute Gasteiger partial charge is 0.497 e. The summed E-state index contributed by atoms with van der Waals surface area (Å²) in [6, 6.07) is 8.07. The van der Waals surface area contributed by atoms with Gasteiger partial charge in [0.25, 0.3) is 0 Å². The Kier molecular flexibility index (Phi) is 6.20. The first-order chi connectivity index (χ1) is 15.5. The van der Waals surface area contributed by atoms with Gasteiger partial charge < -0.3 is 9.47 Å². The van der Waals surface area contributed by atoms with E-state index in [0.29, 0.717) is 18.4 Å². The van der Waals surface area contributed by atoms with Crippen molar-refractivity contribution in [3.05, 3.63) is 66.5 Å². The van der Waals surface area contributed by atoms with Crippen LogP contribution in [0, 0.1) is 0 Å². The lowest BCUT2D eigenvalue weighted by Crippen LogP contribution is -2.10. The monoisotopic (exact) mass is 432 g/mol. The number of ether oxygens (including phenoxy) is 2. The van der Waals surface area contributed by atoms with Crippen molar-refractivity contribution in [2.75, 3.05) is 7.11 Å². The quantitative estimate of drug-likeness (QED) is 0.397. The molecule has 0 bridgehead atoms. The summed E-state index contributed by atoms with van der Waals surface area (Å²) in [5.74, 6) is 2.02. The number of methoxy groups -OCH3 is 1. The summed E-state index contributed by atoms with van der Waals surface area (Å²) in [5, 5.41) is 4.51. The first-order valence-corrected chi connectivity index (χ1v) is 10.7. The molecule has 0 saturated heterocycles. The molecule has 0 radical (unpaired) electrons. The zero-order chi connectivity index (χ0) is 22.7. The molecule has 3 heterocycles. The zero-order valence-electron chi connectivity index (χ0n) is 19.1. The van der Waals surface area contributed by atoms with Gasteiger partial charge in [-0.1, -0.05) is 26.0 Å². The average Bonchev–Trinajstić information content (AvgIpc) is 3.50. The molecule has 4 aromatic rings. The Hall–Kier alpha value is -3.68. The summed E-state index contributed by atoms with van der Waals surface area (Å²) in [7, 11) is 1.65. The number of aromatic nitrogens is 6. The zero-order valence-corrected chi connectivity index (χ0v) is 19.1. The molecule has 0 unspecified atom stereocenters. The summed E-state index contributed by atoms with van der Waals surface area (Å²) >= 11 is 0. The standard InChI is InChI=1S/C24H28N6O2/c1-16(2)21-22(19-12-26-30(13-19)17(3)4)27-24(29-11-10-25-15-29)28-23(21)32-14-18-6-8-20(31-5)9-7-18/h6-13,15-17H,14H2,1-5H3. The first-order valence-electron chi connectivity index (χ1n) is 10.7. The van der Waals surface area contributed by atoms with E-state index in [0.717, 1.165) is 28.1 Å². The van der Waals surface area contributed by atoms with Gasteiger partial charge >= 0.3 is 0 Å². The SMILES string of the molecule is COc1ccc(COc2nc(-n3ccnc3)nc(-c3cnn(C(C)C)c3)c2C(C)C)cc1. The average molecular weight is 433 g/mol. The molecular formula is C24H28N6O2. The van der Waals surface area contributed by atoms with Gasteiger partial charge in [0.05, 0.1) is 19.0 Å². The molecule has 0 saturated carbocycles. The summed E-state index contributed by atoms with van der Waals surface area (Å²) in [4.78, 5) is 13.8. The third-order valence-corrected chi connectivity index (χ3v) is 5.15. The van der Waals surface area contributed by atoms with Crippen LogP contribution < -0.4 is 9.47 Å². The highest BCUT2D eigenvalue weighted by Crippen LogP contribution is 2.35. The molecule has 0 amide bonds. The van der Waals surface area contributed by atoms with E-state index in [2.05, 4.69) is 37.8 Å². The lowest BCUT2D eigenvalue weighted by molar-refractivity contribution is 0.288. The summed E-state index contributed by atoms with van der Waals surface area (Å²) in [6.07, 6.45) is 9.06. The van der Waals surface area contributed by atoms with Crippen molar-refractivity contribution < 1.29 is 9.47 Å². The predicted molar refractivity (Wildman–Crippen MR) is 122 cm³/mol. The topological polar surface area (TPSA) is 79.9 Å². The molecule has 32 heavy (non-hydrogen) atoms. The first kappa shape index (κ1) is 21.5. The number of nitrogens with zero attached hydrogens (tertiary/aromatic N) is 6. The highest BCUT2D eigenvalue weighted by molar-refractivity contribution is 5.65. The molecular weight excluding hydrogens is 404 g/mol. The van der Waals surface area contributed by atoms with Gasteiger partial charge in [-0.3, -0.25) is 9.25 Å². The van der Waals surface area contributed by atoms with Gasteiger partial charge in [0.1, 0.15) is 18.7 Å². The van der Waals surface area contributed by atoms with E-state index in [1.807, 2.05) is 47.5 Å². The van der Waals surface area contributed by atoms with E-state index >= 15 is 0 Å². The van der Waals surface area contributed by atoms with Gasteiger partial charge in [-0.25, -0.2) is 9.97 Å². The molecule has 166 valence electrons. The van der Waals surface area contributed by atoms with E-state index in [4.69, 9.17) is 19.4 Å². The van der Waals surface area contributed by atoms with E-state index < -0.39 is 0 Å². The van der Waals surface area contributed by atoms with Gasteiger partial charge in [-0.2, -0.15) is 10.1 Å². The van der Waals surface area contributed by atoms with Gasteiger partial charge in [0.15, 0.2) is 0 Å². The van der Waals surface area contributed by atoms with Gasteiger partial charge in [0, 0.05) is 35.8 Å². The summed E-state index contributed by atoms with van der Waals surface area (Å²) in [6.45, 7) is 8.81. The van der Waals surface area contributed by atoms with Crippen molar-refractivity contribution in [1.29, 1.82) is 0 Å². The molecule has 1 aromatic carbocycles. The fourth-order valence-electron chi connectivity index (χ4n) is 3.40. The van der Waals surface area contributed by atoms with Crippen molar-refractivity contribution in [3.63, 3.8) is 0 Å². The van der Waals surface area contributed by atoms with Crippen LogP contribution in [0.25, 0.3) is 17.2 Å². The minimum absolute atomic E-state index is 0.148. The third kappa shape index (κ3) is 4.49.